The highest BCUT2D eigenvalue weighted by atomic mass is 16.5. The van der Waals surface area contributed by atoms with Gasteiger partial charge >= 0.3 is 0 Å². The van der Waals surface area contributed by atoms with Crippen LogP contribution in [0.15, 0.2) is 48.5 Å². The molecule has 0 bridgehead atoms. The van der Waals surface area contributed by atoms with E-state index in [0.29, 0.717) is 6.61 Å². The lowest BCUT2D eigenvalue weighted by Gasteiger charge is -2.06. The molecule has 2 aromatic carbocycles. The van der Waals surface area contributed by atoms with Crippen LogP contribution in [0.5, 0.6) is 5.75 Å². The predicted molar refractivity (Wildman–Crippen MR) is 86.6 cm³/mol. The van der Waals surface area contributed by atoms with Crippen molar-refractivity contribution in [2.75, 3.05) is 7.05 Å². The number of aromatic nitrogens is 1. The summed E-state index contributed by atoms with van der Waals surface area (Å²) in [7, 11) is 1.96. The summed E-state index contributed by atoms with van der Waals surface area (Å²) >= 11 is 0. The Labute approximate surface area is 125 Å². The fourth-order valence-corrected chi connectivity index (χ4v) is 2.55. The summed E-state index contributed by atoms with van der Waals surface area (Å²) in [5.41, 5.74) is 4.85. The van der Waals surface area contributed by atoms with Crippen LogP contribution in [-0.4, -0.2) is 12.0 Å². The smallest absolute Gasteiger partial charge is 0.120 e. The van der Waals surface area contributed by atoms with Crippen molar-refractivity contribution in [1.82, 2.24) is 10.3 Å². The number of benzene rings is 2. The van der Waals surface area contributed by atoms with E-state index in [-0.39, 0.29) is 0 Å². The second-order valence-corrected chi connectivity index (χ2v) is 5.24. The van der Waals surface area contributed by atoms with Gasteiger partial charge in [-0.1, -0.05) is 30.3 Å². The van der Waals surface area contributed by atoms with Gasteiger partial charge in [0.05, 0.1) is 0 Å². The van der Waals surface area contributed by atoms with E-state index >= 15 is 0 Å². The average molecular weight is 280 g/mol. The Morgan fingerprint density at radius 2 is 1.90 bits per heavy atom. The number of ether oxygens (including phenoxy) is 1. The maximum Gasteiger partial charge on any atom is 0.120 e. The van der Waals surface area contributed by atoms with Gasteiger partial charge in [0.15, 0.2) is 0 Å². The van der Waals surface area contributed by atoms with Crippen LogP contribution >= 0.6 is 0 Å². The van der Waals surface area contributed by atoms with Crippen molar-refractivity contribution in [2.45, 2.75) is 20.1 Å². The molecule has 108 valence electrons. The van der Waals surface area contributed by atoms with Crippen LogP contribution in [-0.2, 0) is 13.2 Å². The number of nitrogens with one attached hydrogen (secondary N) is 2. The number of H-pyrrole nitrogens is 1. The molecule has 2 N–H and O–H groups in total. The van der Waals surface area contributed by atoms with E-state index in [1.54, 1.807) is 0 Å². The molecule has 1 heterocycles. The van der Waals surface area contributed by atoms with Crippen LogP contribution in [0, 0.1) is 6.92 Å². The van der Waals surface area contributed by atoms with Crippen molar-refractivity contribution >= 4 is 10.9 Å². The molecule has 0 unspecified atom stereocenters. The van der Waals surface area contributed by atoms with E-state index in [2.05, 4.69) is 41.5 Å². The summed E-state index contributed by atoms with van der Waals surface area (Å²) in [6.07, 6.45) is 0. The molecule has 0 amide bonds. The van der Waals surface area contributed by atoms with E-state index in [4.69, 9.17) is 4.74 Å². The van der Waals surface area contributed by atoms with Gasteiger partial charge in [0.2, 0.25) is 0 Å². The first-order chi connectivity index (χ1) is 10.3. The first-order valence-electron chi connectivity index (χ1n) is 7.20. The lowest BCUT2D eigenvalue weighted by Crippen LogP contribution is -2.06. The van der Waals surface area contributed by atoms with Crippen LogP contribution in [0.2, 0.25) is 0 Å². The molecular weight excluding hydrogens is 260 g/mol. The largest absolute Gasteiger partial charge is 0.489 e. The highest BCUT2D eigenvalue weighted by Crippen LogP contribution is 2.26. The lowest BCUT2D eigenvalue weighted by atomic mass is 10.1. The molecule has 0 fully saturated rings. The Kier molecular flexibility index (Phi) is 3.93. The van der Waals surface area contributed by atoms with Crippen molar-refractivity contribution in [2.24, 2.45) is 0 Å². The second kappa shape index (κ2) is 6.02. The van der Waals surface area contributed by atoms with Crippen molar-refractivity contribution in [1.29, 1.82) is 0 Å². The van der Waals surface area contributed by atoms with Gasteiger partial charge in [-0.05, 0) is 43.3 Å². The van der Waals surface area contributed by atoms with Gasteiger partial charge in [0.1, 0.15) is 12.4 Å². The Morgan fingerprint density at radius 1 is 1.10 bits per heavy atom. The predicted octanol–water partition coefficient (Wildman–Crippen LogP) is 3.77. The SMILES string of the molecule is CNCc1[nH]c2ccc(OCc3ccccc3)cc2c1C. The third-order valence-electron chi connectivity index (χ3n) is 3.74. The number of hydrogen-bond donors (Lipinski definition) is 2. The summed E-state index contributed by atoms with van der Waals surface area (Å²) in [6, 6.07) is 16.4. The summed E-state index contributed by atoms with van der Waals surface area (Å²) < 4.78 is 5.89. The van der Waals surface area contributed by atoms with Crippen LogP contribution in [0.1, 0.15) is 16.8 Å². The van der Waals surface area contributed by atoms with E-state index in [0.717, 1.165) is 17.8 Å². The molecule has 3 nitrogen and oxygen atoms in total. The molecule has 0 saturated carbocycles. The zero-order valence-electron chi connectivity index (χ0n) is 12.4. The third-order valence-corrected chi connectivity index (χ3v) is 3.74. The van der Waals surface area contributed by atoms with Gasteiger partial charge in [-0.2, -0.15) is 0 Å². The van der Waals surface area contributed by atoms with Gasteiger partial charge in [-0.15, -0.1) is 0 Å². The second-order valence-electron chi connectivity index (χ2n) is 5.24. The summed E-state index contributed by atoms with van der Waals surface area (Å²) in [5.74, 6) is 0.907. The molecular formula is C18H20N2O. The maximum atomic E-state index is 5.89. The molecule has 0 saturated heterocycles. The van der Waals surface area contributed by atoms with Crippen molar-refractivity contribution in [3.8, 4) is 5.75 Å². The van der Waals surface area contributed by atoms with Gasteiger partial charge < -0.3 is 15.0 Å². The van der Waals surface area contributed by atoms with Crippen molar-refractivity contribution in [3.05, 3.63) is 65.4 Å². The highest BCUT2D eigenvalue weighted by molar-refractivity contribution is 5.85. The number of rotatable bonds is 5. The van der Waals surface area contributed by atoms with Crippen LogP contribution in [0.25, 0.3) is 10.9 Å². The third kappa shape index (κ3) is 2.93. The summed E-state index contributed by atoms with van der Waals surface area (Å²) in [5, 5.41) is 4.41. The van der Waals surface area contributed by atoms with E-state index in [1.807, 2.05) is 31.3 Å². The molecule has 3 heteroatoms. The summed E-state index contributed by atoms with van der Waals surface area (Å²) in [6.45, 7) is 3.59. The minimum absolute atomic E-state index is 0.596. The van der Waals surface area contributed by atoms with Crippen LogP contribution < -0.4 is 10.1 Å². The Hall–Kier alpha value is -2.26. The number of aryl methyl sites for hydroxylation is 1. The highest BCUT2D eigenvalue weighted by Gasteiger charge is 2.08. The monoisotopic (exact) mass is 280 g/mol. The zero-order chi connectivity index (χ0) is 14.7. The Bertz CT molecular complexity index is 732. The maximum absolute atomic E-state index is 5.89. The van der Waals surface area contributed by atoms with E-state index in [1.165, 1.54) is 22.2 Å². The van der Waals surface area contributed by atoms with E-state index in [9.17, 15) is 0 Å². The van der Waals surface area contributed by atoms with Gasteiger partial charge in [0.25, 0.3) is 0 Å². The molecule has 0 aliphatic rings. The minimum atomic E-state index is 0.596. The molecule has 0 atom stereocenters. The normalized spacial score (nSPS) is 11.0. The lowest BCUT2D eigenvalue weighted by molar-refractivity contribution is 0.306. The topological polar surface area (TPSA) is 37.0 Å². The molecule has 3 rings (SSSR count). The van der Waals surface area contributed by atoms with Crippen LogP contribution in [0.4, 0.5) is 0 Å². The Balaban J connectivity index is 1.82. The molecule has 0 spiro atoms. The first-order valence-corrected chi connectivity index (χ1v) is 7.20. The minimum Gasteiger partial charge on any atom is -0.489 e. The quantitative estimate of drug-likeness (QED) is 0.746. The summed E-state index contributed by atoms with van der Waals surface area (Å²) in [4.78, 5) is 3.45. The molecule has 3 aromatic rings. The van der Waals surface area contributed by atoms with Crippen molar-refractivity contribution in [3.63, 3.8) is 0 Å². The Morgan fingerprint density at radius 3 is 2.67 bits per heavy atom. The van der Waals surface area contributed by atoms with Crippen LogP contribution in [0.3, 0.4) is 0 Å². The van der Waals surface area contributed by atoms with E-state index < -0.39 is 0 Å². The molecule has 0 aliphatic heterocycles. The fourth-order valence-electron chi connectivity index (χ4n) is 2.55. The zero-order valence-corrected chi connectivity index (χ0v) is 12.4. The molecule has 21 heavy (non-hydrogen) atoms. The molecule has 0 aliphatic carbocycles. The average Bonchev–Trinajstić information content (AvgIpc) is 2.83. The van der Waals surface area contributed by atoms with Gasteiger partial charge in [-0.3, -0.25) is 0 Å². The van der Waals surface area contributed by atoms with Gasteiger partial charge in [0, 0.05) is 23.1 Å². The number of aromatic amines is 1. The standard InChI is InChI=1S/C18H20N2O/c1-13-16-10-15(21-12-14-6-4-3-5-7-14)8-9-17(16)20-18(13)11-19-2/h3-10,19-20H,11-12H2,1-2H3. The number of fused-ring (bicyclic) bond motifs is 1. The molecule has 1 aromatic heterocycles. The number of hydrogen-bond acceptors (Lipinski definition) is 2. The fraction of sp³-hybridized carbons (Fsp3) is 0.222. The first kappa shape index (κ1) is 13.7. The van der Waals surface area contributed by atoms with Gasteiger partial charge in [-0.25, -0.2) is 0 Å². The van der Waals surface area contributed by atoms with Crippen molar-refractivity contribution < 1.29 is 4.74 Å². The molecule has 0 radical (unpaired) electrons.